The molecule has 1 fully saturated rings. The van der Waals surface area contributed by atoms with Gasteiger partial charge in [-0.05, 0) is 37.1 Å². The summed E-state index contributed by atoms with van der Waals surface area (Å²) in [5.74, 6) is 0. The van der Waals surface area contributed by atoms with Gasteiger partial charge < -0.3 is 0 Å². The molecule has 0 unspecified atom stereocenters. The summed E-state index contributed by atoms with van der Waals surface area (Å²) in [5.41, 5.74) is 2.47. The summed E-state index contributed by atoms with van der Waals surface area (Å²) in [7, 11) is 0. The summed E-state index contributed by atoms with van der Waals surface area (Å²) in [4.78, 5) is 2.50. The van der Waals surface area contributed by atoms with Crippen LogP contribution < -0.4 is 0 Å². The fourth-order valence-corrected chi connectivity index (χ4v) is 2.46. The number of likely N-dealkylation sites (tertiary alicyclic amines) is 1. The van der Waals surface area contributed by atoms with Crippen molar-refractivity contribution < 1.29 is 0 Å². The van der Waals surface area contributed by atoms with E-state index in [-0.39, 0.29) is 0 Å². The fourth-order valence-electron chi connectivity index (χ4n) is 2.46. The van der Waals surface area contributed by atoms with E-state index < -0.39 is 0 Å². The highest BCUT2D eigenvalue weighted by Crippen LogP contribution is 2.07. The van der Waals surface area contributed by atoms with Crippen LogP contribution in [-0.2, 0) is 0 Å². The molecule has 1 saturated heterocycles. The van der Waals surface area contributed by atoms with E-state index in [4.69, 9.17) is 0 Å². The average Bonchev–Trinajstić information content (AvgIpc) is 3.24. The van der Waals surface area contributed by atoms with Crippen LogP contribution >= 0.6 is 0 Å². The molecule has 0 aliphatic carbocycles. The molecule has 1 aliphatic rings. The monoisotopic (exact) mass is 345 g/mol. The lowest BCUT2D eigenvalue weighted by Crippen LogP contribution is -2.18. The summed E-state index contributed by atoms with van der Waals surface area (Å²) in [6.07, 6.45) is 12.3. The van der Waals surface area contributed by atoms with Crippen LogP contribution in [-0.4, -0.2) is 24.5 Å². The average molecular weight is 346 g/mol. The van der Waals surface area contributed by atoms with Crippen LogP contribution in [0.15, 0.2) is 98.6 Å². The first-order chi connectivity index (χ1) is 12.8. The zero-order valence-corrected chi connectivity index (χ0v) is 15.8. The maximum absolute atomic E-state index is 3.63. The number of hydrogen-bond donors (Lipinski definition) is 0. The van der Waals surface area contributed by atoms with Gasteiger partial charge in [-0.15, -0.1) is 0 Å². The lowest BCUT2D eigenvalue weighted by Gasteiger charge is -2.10. The van der Waals surface area contributed by atoms with Crippen LogP contribution in [0.25, 0.3) is 12.2 Å². The van der Waals surface area contributed by atoms with E-state index >= 15 is 0 Å². The first-order valence-electron chi connectivity index (χ1n) is 9.15. The third-order valence-electron chi connectivity index (χ3n) is 3.87. The van der Waals surface area contributed by atoms with Crippen molar-refractivity contribution in [1.82, 2.24) is 4.90 Å². The highest BCUT2D eigenvalue weighted by Gasteiger charge is 2.08. The predicted molar refractivity (Wildman–Crippen MR) is 118 cm³/mol. The minimum absolute atomic E-state index is 1.11. The molecule has 1 nitrogen and oxygen atoms in total. The molecule has 2 aromatic carbocycles. The van der Waals surface area contributed by atoms with Gasteiger partial charge in [-0.1, -0.05) is 111 Å². The maximum Gasteiger partial charge on any atom is 0.0166 e. The summed E-state index contributed by atoms with van der Waals surface area (Å²) >= 11 is 0. The Morgan fingerprint density at radius 1 is 0.731 bits per heavy atom. The van der Waals surface area contributed by atoms with Gasteiger partial charge >= 0.3 is 0 Å². The zero-order chi connectivity index (χ0) is 18.9. The highest BCUT2D eigenvalue weighted by molar-refractivity contribution is 5.48. The molecule has 1 heterocycles. The van der Waals surface area contributed by atoms with Crippen molar-refractivity contribution in [3.63, 3.8) is 0 Å². The number of allylic oxidation sites excluding steroid dienone is 2. The maximum atomic E-state index is 3.63. The third kappa shape index (κ3) is 10.3. The van der Waals surface area contributed by atoms with Crippen LogP contribution in [0.1, 0.15) is 24.0 Å². The molecular weight excluding hydrogens is 314 g/mol. The van der Waals surface area contributed by atoms with Gasteiger partial charge in [0.1, 0.15) is 0 Å². The lowest BCUT2D eigenvalue weighted by atomic mass is 10.2. The molecule has 3 rings (SSSR count). The molecule has 0 radical (unpaired) electrons. The molecule has 1 heteroatoms. The summed E-state index contributed by atoms with van der Waals surface area (Å²) < 4.78 is 0. The second kappa shape index (κ2) is 14.7. The van der Waals surface area contributed by atoms with Gasteiger partial charge in [-0.3, -0.25) is 4.90 Å². The Bertz CT molecular complexity index is 628. The number of rotatable bonds is 5. The Hall–Kier alpha value is -2.64. The van der Waals surface area contributed by atoms with E-state index in [1.807, 2.05) is 36.4 Å². The van der Waals surface area contributed by atoms with Crippen molar-refractivity contribution in [3.05, 3.63) is 110 Å². The van der Waals surface area contributed by atoms with Crippen molar-refractivity contribution in [1.29, 1.82) is 0 Å². The molecule has 1 aliphatic heterocycles. The number of hydrogen-bond acceptors (Lipinski definition) is 1. The van der Waals surface area contributed by atoms with Gasteiger partial charge in [0.25, 0.3) is 0 Å². The quantitative estimate of drug-likeness (QED) is 0.560. The molecule has 136 valence electrons. The SMILES string of the molecule is C(=Cc1ccccc1)CN1CCCC1.C=CC=C.C=Cc1ccccc1. The topological polar surface area (TPSA) is 3.24 Å². The Kier molecular flexibility index (Phi) is 12.1. The molecule has 0 atom stereocenters. The first kappa shape index (κ1) is 21.4. The molecule has 0 aromatic heterocycles. The smallest absolute Gasteiger partial charge is 0.0166 e. The van der Waals surface area contributed by atoms with E-state index in [2.05, 4.69) is 67.1 Å². The predicted octanol–water partition coefficient (Wildman–Crippen LogP) is 6.48. The van der Waals surface area contributed by atoms with Crippen LogP contribution in [0.2, 0.25) is 0 Å². The van der Waals surface area contributed by atoms with Crippen LogP contribution in [0.3, 0.4) is 0 Å². The minimum atomic E-state index is 1.11. The van der Waals surface area contributed by atoms with Crippen molar-refractivity contribution in [3.8, 4) is 0 Å². The Morgan fingerprint density at radius 2 is 1.23 bits per heavy atom. The van der Waals surface area contributed by atoms with Crippen molar-refractivity contribution in [2.45, 2.75) is 12.8 Å². The van der Waals surface area contributed by atoms with Gasteiger partial charge in [0.15, 0.2) is 0 Å². The fraction of sp³-hybridized carbons (Fsp3) is 0.200. The van der Waals surface area contributed by atoms with Crippen LogP contribution in [0.5, 0.6) is 0 Å². The summed E-state index contributed by atoms with van der Waals surface area (Å²) in [5, 5.41) is 0. The molecule has 2 aromatic rings. The second-order valence-electron chi connectivity index (χ2n) is 5.91. The standard InChI is InChI=1S/C13H17N.C8H8.C4H6/c1-2-7-13(8-3-1)9-6-12-14-10-4-5-11-14;1-2-8-6-4-3-5-7-8;1-3-4-2/h1-3,6-9H,4-5,10-12H2;2-7H,1H2;3-4H,1-2H2. The Morgan fingerprint density at radius 3 is 1.65 bits per heavy atom. The summed E-state index contributed by atoms with van der Waals surface area (Å²) in [6.45, 7) is 14.0. The van der Waals surface area contributed by atoms with E-state index in [0.717, 1.165) is 6.54 Å². The molecule has 0 N–H and O–H groups in total. The van der Waals surface area contributed by atoms with Crippen LogP contribution in [0, 0.1) is 0 Å². The zero-order valence-electron chi connectivity index (χ0n) is 15.8. The molecule has 0 bridgehead atoms. The van der Waals surface area contributed by atoms with E-state index in [1.54, 1.807) is 12.2 Å². The molecule has 0 saturated carbocycles. The molecule has 26 heavy (non-hydrogen) atoms. The van der Waals surface area contributed by atoms with Crippen molar-refractivity contribution >= 4 is 12.2 Å². The molecule has 0 amide bonds. The van der Waals surface area contributed by atoms with Gasteiger partial charge in [0.2, 0.25) is 0 Å². The van der Waals surface area contributed by atoms with Gasteiger partial charge in [0, 0.05) is 6.54 Å². The number of benzene rings is 2. The second-order valence-corrected chi connectivity index (χ2v) is 5.91. The van der Waals surface area contributed by atoms with Crippen LogP contribution in [0.4, 0.5) is 0 Å². The summed E-state index contributed by atoms with van der Waals surface area (Å²) in [6, 6.07) is 20.5. The van der Waals surface area contributed by atoms with Crippen molar-refractivity contribution in [2.24, 2.45) is 0 Å². The van der Waals surface area contributed by atoms with Gasteiger partial charge in [-0.25, -0.2) is 0 Å². The molecule has 0 spiro atoms. The number of nitrogens with zero attached hydrogens (tertiary/aromatic N) is 1. The third-order valence-corrected chi connectivity index (χ3v) is 3.87. The van der Waals surface area contributed by atoms with E-state index in [9.17, 15) is 0 Å². The lowest BCUT2D eigenvalue weighted by molar-refractivity contribution is 0.378. The Balaban J connectivity index is 0.000000238. The first-order valence-corrected chi connectivity index (χ1v) is 9.15. The minimum Gasteiger partial charge on any atom is -0.300 e. The van der Waals surface area contributed by atoms with E-state index in [0.29, 0.717) is 0 Å². The van der Waals surface area contributed by atoms with Gasteiger partial charge in [-0.2, -0.15) is 0 Å². The molecular formula is C25H31N. The van der Waals surface area contributed by atoms with Gasteiger partial charge in [0.05, 0.1) is 0 Å². The largest absolute Gasteiger partial charge is 0.300 e. The highest BCUT2D eigenvalue weighted by atomic mass is 15.1. The van der Waals surface area contributed by atoms with E-state index in [1.165, 1.54) is 37.1 Å². The normalized spacial score (nSPS) is 13.1. The van der Waals surface area contributed by atoms with Crippen molar-refractivity contribution in [2.75, 3.05) is 19.6 Å². The Labute approximate surface area is 159 Å².